The van der Waals surface area contributed by atoms with Crippen LogP contribution >= 0.6 is 22.9 Å². The summed E-state index contributed by atoms with van der Waals surface area (Å²) in [6, 6.07) is 8.92. The number of amides is 2. The van der Waals surface area contributed by atoms with Crippen molar-refractivity contribution in [3.63, 3.8) is 0 Å². The largest absolute Gasteiger partial charge is 0.388 e. The molecule has 4 aromatic rings. The zero-order valence-corrected chi connectivity index (χ0v) is 20.1. The second kappa shape index (κ2) is 9.05. The van der Waals surface area contributed by atoms with Crippen LogP contribution in [-0.2, 0) is 10.0 Å². The number of nitrogens with one attached hydrogen (secondary N) is 3. The highest BCUT2D eigenvalue weighted by Gasteiger charge is 2.21. The van der Waals surface area contributed by atoms with E-state index in [1.54, 1.807) is 38.2 Å². The molecule has 9 nitrogen and oxygen atoms in total. The fourth-order valence-corrected chi connectivity index (χ4v) is 5.68. The van der Waals surface area contributed by atoms with Gasteiger partial charge in [-0.3, -0.25) is 9.36 Å². The number of carbonyl (C=O) groups excluding carboxylic acids is 1. The fraction of sp³-hybridized carbons (Fsp3) is 0.0952. The lowest BCUT2D eigenvalue weighted by Crippen LogP contribution is -2.34. The molecule has 0 radical (unpaired) electrons. The molecule has 0 saturated heterocycles. The van der Waals surface area contributed by atoms with E-state index in [0.29, 0.717) is 5.52 Å². The molecule has 4 rings (SSSR count). The number of thiophene rings is 1. The predicted molar refractivity (Wildman–Crippen MR) is 130 cm³/mol. The summed E-state index contributed by atoms with van der Waals surface area (Å²) in [7, 11) is -2.36. The summed E-state index contributed by atoms with van der Waals surface area (Å²) in [5.41, 5.74) is 0.269. The van der Waals surface area contributed by atoms with Gasteiger partial charge in [-0.1, -0.05) is 11.6 Å². The Morgan fingerprint density at radius 1 is 1.15 bits per heavy atom. The molecule has 34 heavy (non-hydrogen) atoms. The summed E-state index contributed by atoms with van der Waals surface area (Å²) >= 11 is 7.23. The highest BCUT2D eigenvalue weighted by molar-refractivity contribution is 7.92. The molecule has 13 heteroatoms. The van der Waals surface area contributed by atoms with Gasteiger partial charge < -0.3 is 10.6 Å². The van der Waals surface area contributed by atoms with Crippen LogP contribution in [0.5, 0.6) is 0 Å². The number of aryl methyl sites for hydroxylation is 1. The van der Waals surface area contributed by atoms with Gasteiger partial charge in [0.25, 0.3) is 15.6 Å². The van der Waals surface area contributed by atoms with Gasteiger partial charge in [0.2, 0.25) is 0 Å². The van der Waals surface area contributed by atoms with E-state index in [1.807, 2.05) is 4.72 Å². The second-order valence-corrected chi connectivity index (χ2v) is 10.7. The minimum absolute atomic E-state index is 0.0373. The van der Waals surface area contributed by atoms with Crippen molar-refractivity contribution in [2.24, 2.45) is 0 Å². The number of anilines is 2. The molecule has 0 saturated carbocycles. The number of hydrogen-bond acceptors (Lipinski definition) is 7. The smallest absolute Gasteiger partial charge is 0.333 e. The summed E-state index contributed by atoms with van der Waals surface area (Å²) in [4.78, 5) is 30.1. The fourth-order valence-electron chi connectivity index (χ4n) is 3.19. The Morgan fingerprint density at radius 2 is 1.91 bits per heavy atom. The summed E-state index contributed by atoms with van der Waals surface area (Å²) in [5, 5.41) is 5.24. The van der Waals surface area contributed by atoms with Crippen molar-refractivity contribution in [3.05, 3.63) is 74.9 Å². The van der Waals surface area contributed by atoms with E-state index in [1.165, 1.54) is 12.1 Å². The second-order valence-electron chi connectivity index (χ2n) is 7.11. The number of nitrogens with zero attached hydrogens (tertiary/aromatic N) is 2. The first-order chi connectivity index (χ1) is 16.1. The lowest BCUT2D eigenvalue weighted by Gasteiger charge is -2.13. The van der Waals surface area contributed by atoms with E-state index in [-0.39, 0.29) is 26.0 Å². The van der Waals surface area contributed by atoms with Crippen molar-refractivity contribution in [3.8, 4) is 5.69 Å². The number of hydrogen-bond donors (Lipinski definition) is 3. The van der Waals surface area contributed by atoms with Crippen LogP contribution in [0, 0.1) is 12.7 Å². The van der Waals surface area contributed by atoms with Crippen molar-refractivity contribution >= 4 is 61.3 Å². The van der Waals surface area contributed by atoms with E-state index in [0.717, 1.165) is 38.9 Å². The van der Waals surface area contributed by atoms with Gasteiger partial charge >= 0.3 is 6.03 Å². The van der Waals surface area contributed by atoms with Gasteiger partial charge in [-0.25, -0.2) is 27.3 Å². The number of halogens is 2. The molecule has 0 bridgehead atoms. The van der Waals surface area contributed by atoms with E-state index in [4.69, 9.17) is 11.6 Å². The van der Waals surface area contributed by atoms with Crippen molar-refractivity contribution < 1.29 is 17.6 Å². The summed E-state index contributed by atoms with van der Waals surface area (Å²) in [6.07, 6.45) is 1.16. The maximum atomic E-state index is 15.0. The standard InChI is InChI=1S/C21H17ClFN5O4S2/c1-11-3-6-18(33-11)34(31,32)27-21(30)26-13-7-15(22)19(16(23)8-13)28-10-25-17-9-12(24-2)4-5-14(17)20(28)29/h3-10,24H,1-2H3,(H2,26,27,30). The quantitative estimate of drug-likeness (QED) is 0.363. The number of sulfonamides is 1. The highest BCUT2D eigenvalue weighted by Crippen LogP contribution is 2.28. The normalized spacial score (nSPS) is 11.4. The molecular formula is C21H17ClFN5O4S2. The molecule has 0 aliphatic carbocycles. The first-order valence-electron chi connectivity index (χ1n) is 9.68. The Bertz CT molecular complexity index is 1580. The number of rotatable bonds is 5. The summed E-state index contributed by atoms with van der Waals surface area (Å²) in [5.74, 6) is -0.922. The van der Waals surface area contributed by atoms with E-state index < -0.39 is 27.4 Å². The van der Waals surface area contributed by atoms with E-state index in [2.05, 4.69) is 15.6 Å². The van der Waals surface area contributed by atoms with Crippen LogP contribution in [0.25, 0.3) is 16.6 Å². The molecule has 0 unspecified atom stereocenters. The number of aromatic nitrogens is 2. The van der Waals surface area contributed by atoms with Gasteiger partial charge in [0.1, 0.15) is 16.2 Å². The summed E-state index contributed by atoms with van der Waals surface area (Å²) in [6.45, 7) is 1.73. The lowest BCUT2D eigenvalue weighted by molar-refractivity contribution is 0.256. The molecular weight excluding hydrogens is 505 g/mol. The van der Waals surface area contributed by atoms with Gasteiger partial charge in [-0.2, -0.15) is 0 Å². The molecule has 176 valence electrons. The van der Waals surface area contributed by atoms with Crippen LogP contribution in [0.4, 0.5) is 20.6 Å². The predicted octanol–water partition coefficient (Wildman–Crippen LogP) is 4.10. The van der Waals surface area contributed by atoms with Crippen LogP contribution in [0.3, 0.4) is 0 Å². The number of benzene rings is 2. The Labute approximate surface area is 202 Å². The van der Waals surface area contributed by atoms with Crippen molar-refractivity contribution in [1.82, 2.24) is 14.3 Å². The minimum atomic E-state index is -4.09. The molecule has 2 heterocycles. The van der Waals surface area contributed by atoms with E-state index in [9.17, 15) is 22.4 Å². The molecule has 0 aliphatic rings. The first kappa shape index (κ1) is 23.7. The van der Waals surface area contributed by atoms with Crippen molar-refractivity contribution in [2.45, 2.75) is 11.1 Å². The Morgan fingerprint density at radius 3 is 2.56 bits per heavy atom. The maximum Gasteiger partial charge on any atom is 0.333 e. The van der Waals surface area contributed by atoms with Crippen LogP contribution in [-0.4, -0.2) is 31.0 Å². The molecule has 2 aromatic carbocycles. The third-order valence-corrected chi connectivity index (χ3v) is 7.88. The first-order valence-corrected chi connectivity index (χ1v) is 12.4. The van der Waals surface area contributed by atoms with Crippen LogP contribution in [0.15, 0.2) is 57.8 Å². The number of carbonyl (C=O) groups is 1. The Hall–Kier alpha value is -3.48. The van der Waals surface area contributed by atoms with Gasteiger partial charge in [-0.15, -0.1) is 11.3 Å². The van der Waals surface area contributed by atoms with Crippen LogP contribution in [0.2, 0.25) is 5.02 Å². The van der Waals surface area contributed by atoms with Gasteiger partial charge in [0.15, 0.2) is 5.82 Å². The average molecular weight is 522 g/mol. The zero-order valence-electron chi connectivity index (χ0n) is 17.7. The van der Waals surface area contributed by atoms with Gasteiger partial charge in [-0.05, 0) is 49.4 Å². The van der Waals surface area contributed by atoms with Crippen LogP contribution in [0.1, 0.15) is 4.88 Å². The number of fused-ring (bicyclic) bond motifs is 1. The number of urea groups is 1. The highest BCUT2D eigenvalue weighted by atomic mass is 35.5. The van der Waals surface area contributed by atoms with Gasteiger partial charge in [0.05, 0.1) is 15.9 Å². The third kappa shape index (κ3) is 4.60. The SMILES string of the molecule is CNc1ccc2c(=O)n(-c3c(F)cc(NC(=O)NS(=O)(=O)c4ccc(C)s4)cc3Cl)cnc2c1. The molecule has 2 aromatic heterocycles. The topological polar surface area (TPSA) is 122 Å². The monoisotopic (exact) mass is 521 g/mol. The average Bonchev–Trinajstić information content (AvgIpc) is 3.21. The molecule has 2 amide bonds. The van der Waals surface area contributed by atoms with Crippen LogP contribution < -0.4 is 20.9 Å². The van der Waals surface area contributed by atoms with E-state index >= 15 is 0 Å². The Balaban J connectivity index is 1.62. The van der Waals surface area contributed by atoms with Gasteiger partial charge in [0, 0.05) is 23.3 Å². The molecule has 0 fully saturated rings. The lowest BCUT2D eigenvalue weighted by atomic mass is 10.2. The third-order valence-electron chi connectivity index (χ3n) is 4.77. The molecule has 0 atom stereocenters. The van der Waals surface area contributed by atoms with Crippen molar-refractivity contribution in [2.75, 3.05) is 17.7 Å². The maximum absolute atomic E-state index is 15.0. The minimum Gasteiger partial charge on any atom is -0.388 e. The zero-order chi connectivity index (χ0) is 24.6. The van der Waals surface area contributed by atoms with Crippen molar-refractivity contribution in [1.29, 1.82) is 0 Å². The Kier molecular flexibility index (Phi) is 6.30. The molecule has 0 aliphatic heterocycles. The summed E-state index contributed by atoms with van der Waals surface area (Å²) < 4.78 is 42.4. The molecule has 0 spiro atoms. The molecule has 3 N–H and O–H groups in total.